The molecule has 0 saturated carbocycles. The number of nitrogens with one attached hydrogen (secondary N) is 5. The van der Waals surface area contributed by atoms with Crippen LogP contribution in [0.15, 0.2) is 31.9 Å². The maximum Gasteiger partial charge on any atom is 0.248 e. The third-order valence-electron chi connectivity index (χ3n) is 6.35. The summed E-state index contributed by atoms with van der Waals surface area (Å²) in [6.07, 6.45) is 2.16. The van der Waals surface area contributed by atoms with Gasteiger partial charge in [-0.25, -0.2) is 0 Å². The summed E-state index contributed by atoms with van der Waals surface area (Å²) in [5, 5.41) is 27.3. The molecule has 1 aliphatic carbocycles. The third-order valence-corrected chi connectivity index (χ3v) is 6.35. The predicted octanol–water partition coefficient (Wildman–Crippen LogP) is 1.21. The van der Waals surface area contributed by atoms with Crippen LogP contribution in [0.2, 0.25) is 0 Å². The molecule has 3 rings (SSSR count). The van der Waals surface area contributed by atoms with Gasteiger partial charge >= 0.3 is 0 Å². The van der Waals surface area contributed by atoms with E-state index in [-0.39, 0.29) is 22.9 Å². The fourth-order valence-electron chi connectivity index (χ4n) is 4.31. The molecule has 0 aromatic carbocycles. The average molecular weight is 587 g/mol. The molecule has 1 aromatic rings. The van der Waals surface area contributed by atoms with Crippen LogP contribution in [0.3, 0.4) is 0 Å². The van der Waals surface area contributed by atoms with Crippen LogP contribution >= 0.6 is 0 Å². The summed E-state index contributed by atoms with van der Waals surface area (Å²) in [6.45, 7) is 3.30. The van der Waals surface area contributed by atoms with E-state index in [4.69, 9.17) is 14.2 Å². The Morgan fingerprint density at radius 2 is 1.21 bits per heavy atom. The highest BCUT2D eigenvalue weighted by molar-refractivity contribution is 6.45. The lowest BCUT2D eigenvalue weighted by Crippen LogP contribution is -2.40. The van der Waals surface area contributed by atoms with E-state index >= 15 is 0 Å². The maximum atomic E-state index is 13.9. The van der Waals surface area contributed by atoms with Crippen LogP contribution < -0.4 is 26.6 Å². The largest absolute Gasteiger partial charge is 0.506 e. The number of hydrogen-bond donors (Lipinski definition) is 6. The van der Waals surface area contributed by atoms with Crippen LogP contribution in [0, 0.1) is 0 Å². The number of nitrogens with zero attached hydrogens (tertiary/aromatic N) is 5. The predicted molar refractivity (Wildman–Crippen MR) is 165 cm³/mol. The van der Waals surface area contributed by atoms with Gasteiger partial charge < -0.3 is 45.9 Å². The fraction of sp³-hybridized carbons (Fsp3) is 0.556. The number of carbonyl (C=O) groups is 1. The summed E-state index contributed by atoms with van der Waals surface area (Å²) in [4.78, 5) is 36.0. The van der Waals surface area contributed by atoms with Gasteiger partial charge in [0.05, 0.1) is 22.3 Å². The first-order valence-corrected chi connectivity index (χ1v) is 13.8. The molecule has 0 spiro atoms. The first-order valence-electron chi connectivity index (χ1n) is 13.8. The Kier molecular flexibility index (Phi) is 12.7. The van der Waals surface area contributed by atoms with E-state index in [1.165, 1.54) is 0 Å². The molecule has 0 amide bonds. The van der Waals surface area contributed by atoms with E-state index in [1.807, 2.05) is 0 Å². The fourth-order valence-corrected chi connectivity index (χ4v) is 4.31. The number of guanidine groups is 1. The van der Waals surface area contributed by atoms with E-state index in [2.05, 4.69) is 51.5 Å². The molecule has 230 valence electrons. The van der Waals surface area contributed by atoms with Crippen molar-refractivity contribution in [3.8, 4) is 0 Å². The number of ketones is 1. The number of methoxy groups -OCH3 is 3. The van der Waals surface area contributed by atoms with Gasteiger partial charge in [-0.1, -0.05) is 0 Å². The van der Waals surface area contributed by atoms with Crippen molar-refractivity contribution in [2.24, 2.45) is 15.0 Å². The average Bonchev–Trinajstić information content (AvgIpc) is 3.00. The van der Waals surface area contributed by atoms with Gasteiger partial charge in [-0.05, 0) is 19.3 Å². The number of aromatic nitrogens is 2. The zero-order chi connectivity index (χ0) is 30.5. The van der Waals surface area contributed by atoms with Crippen LogP contribution in [-0.2, 0) is 19.0 Å². The molecule has 2 heterocycles. The van der Waals surface area contributed by atoms with E-state index in [0.717, 1.165) is 6.42 Å². The lowest BCUT2D eigenvalue weighted by molar-refractivity contribution is -0.111. The normalized spacial score (nSPS) is 14.8. The number of aliphatic hydroxyl groups is 1. The number of allylic oxidation sites excluding steroid dienone is 2. The molecule has 15 heteroatoms. The molecule has 42 heavy (non-hydrogen) atoms. The number of aliphatic imine (C=N–C) groups is 3. The second-order valence-corrected chi connectivity index (χ2v) is 9.19. The number of rotatable bonds is 16. The Bertz CT molecular complexity index is 1210. The molecule has 0 saturated heterocycles. The zero-order valence-electron chi connectivity index (χ0n) is 25.2. The Morgan fingerprint density at radius 1 is 0.738 bits per heavy atom. The van der Waals surface area contributed by atoms with Crippen molar-refractivity contribution in [1.29, 1.82) is 0 Å². The molecule has 15 nitrogen and oxygen atoms in total. The number of anilines is 3. The minimum absolute atomic E-state index is 0.0822. The standard InChI is InChI=1S/C27H42N10O5/c1-28-22-18(23(29-2)35-26(30-3)34-22)16-20(38)17(21(16)39)19-24(31-10-7-13-40-4)36-27(33-12-9-15-42-6)37-25(19)32-11-8-14-41-5/h38H,7-15H2,1-6H3,(H2,28,29,30,34,35)(H3,31,32,33,36,37). The van der Waals surface area contributed by atoms with Gasteiger partial charge in [0.1, 0.15) is 29.1 Å². The zero-order valence-corrected chi connectivity index (χ0v) is 25.2. The Morgan fingerprint density at radius 3 is 1.62 bits per heavy atom. The summed E-state index contributed by atoms with van der Waals surface area (Å²) in [7, 11) is 9.84. The van der Waals surface area contributed by atoms with Crippen molar-refractivity contribution >= 4 is 46.6 Å². The second-order valence-electron chi connectivity index (χ2n) is 9.19. The summed E-state index contributed by atoms with van der Waals surface area (Å²) >= 11 is 0. The Hall–Kier alpha value is -4.08. The van der Waals surface area contributed by atoms with Crippen molar-refractivity contribution in [2.75, 3.05) is 97.9 Å². The van der Waals surface area contributed by atoms with Crippen molar-refractivity contribution in [3.05, 3.63) is 22.5 Å². The van der Waals surface area contributed by atoms with Crippen molar-refractivity contribution in [2.45, 2.75) is 19.3 Å². The molecule has 0 radical (unpaired) electrons. The first-order chi connectivity index (χ1) is 20.4. The van der Waals surface area contributed by atoms with E-state index in [1.54, 1.807) is 42.5 Å². The van der Waals surface area contributed by atoms with Gasteiger partial charge in [-0.2, -0.15) is 20.0 Å². The first kappa shape index (κ1) is 32.4. The van der Waals surface area contributed by atoms with Crippen molar-refractivity contribution in [3.63, 3.8) is 0 Å². The molecular weight excluding hydrogens is 544 g/mol. The van der Waals surface area contributed by atoms with Gasteiger partial charge in [-0.15, -0.1) is 0 Å². The summed E-state index contributed by atoms with van der Waals surface area (Å²) < 4.78 is 15.5. The van der Waals surface area contributed by atoms with Gasteiger partial charge in [0.25, 0.3) is 0 Å². The molecule has 2 aliphatic rings. The monoisotopic (exact) mass is 586 g/mol. The van der Waals surface area contributed by atoms with Crippen molar-refractivity contribution < 1.29 is 24.1 Å². The van der Waals surface area contributed by atoms with E-state index in [9.17, 15) is 9.90 Å². The van der Waals surface area contributed by atoms with E-state index in [0.29, 0.717) is 92.7 Å². The third kappa shape index (κ3) is 7.60. The number of hydrogen-bond acceptors (Lipinski definition) is 13. The quantitative estimate of drug-likeness (QED) is 0.120. The summed E-state index contributed by atoms with van der Waals surface area (Å²) in [6, 6.07) is 0. The van der Waals surface area contributed by atoms with Crippen LogP contribution in [0.5, 0.6) is 0 Å². The number of ether oxygens (including phenoxy) is 3. The molecule has 0 unspecified atom stereocenters. The molecule has 6 N–H and O–H groups in total. The Labute approximate surface area is 246 Å². The molecule has 1 aliphatic heterocycles. The number of likely N-dealkylation sites (N-methyl/N-ethyl adjacent to an activating group) is 2. The highest BCUT2D eigenvalue weighted by Crippen LogP contribution is 2.43. The second kappa shape index (κ2) is 16.4. The lowest BCUT2D eigenvalue weighted by Gasteiger charge is -2.29. The lowest BCUT2D eigenvalue weighted by atomic mass is 9.80. The number of amidine groups is 2. The highest BCUT2D eigenvalue weighted by atomic mass is 16.5. The van der Waals surface area contributed by atoms with Gasteiger partial charge in [-0.3, -0.25) is 9.79 Å². The van der Waals surface area contributed by atoms with Gasteiger partial charge in [0.15, 0.2) is 0 Å². The number of Topliss-reactive ketones (excluding diaryl/α,β-unsaturated/α-hetero) is 1. The minimum Gasteiger partial charge on any atom is -0.506 e. The van der Waals surface area contributed by atoms with Crippen molar-refractivity contribution in [1.82, 2.24) is 20.6 Å². The van der Waals surface area contributed by atoms with E-state index < -0.39 is 5.78 Å². The van der Waals surface area contributed by atoms with Gasteiger partial charge in [0, 0.05) is 81.9 Å². The Balaban J connectivity index is 2.14. The van der Waals surface area contributed by atoms with Crippen LogP contribution in [-0.4, -0.2) is 120 Å². The van der Waals surface area contributed by atoms with Crippen LogP contribution in [0.4, 0.5) is 17.6 Å². The molecule has 1 aromatic heterocycles. The number of carbonyl (C=O) groups excluding carboxylic acids is 1. The highest BCUT2D eigenvalue weighted by Gasteiger charge is 2.43. The molecule has 0 bridgehead atoms. The summed E-state index contributed by atoms with van der Waals surface area (Å²) in [5.74, 6) is 1.51. The minimum atomic E-state index is -0.394. The SMILES string of the molecule is CN=C1N=C(NC)C(=C2C(=O)C(c3c(NCCCOC)nc(NCCCOC)nc3NCCCOC)=C2O)C(NC)=N1. The number of aliphatic hydroxyl groups excluding tert-OH is 1. The molecule has 0 atom stereocenters. The van der Waals surface area contributed by atoms with Crippen LogP contribution in [0.1, 0.15) is 24.8 Å². The van der Waals surface area contributed by atoms with Gasteiger partial charge in [0.2, 0.25) is 17.7 Å². The molecule has 0 fully saturated rings. The molecular formula is C27H42N10O5. The topological polar surface area (TPSA) is 188 Å². The maximum absolute atomic E-state index is 13.9. The summed E-state index contributed by atoms with van der Waals surface area (Å²) in [5.41, 5.74) is 0.892. The van der Waals surface area contributed by atoms with Crippen LogP contribution in [0.25, 0.3) is 5.57 Å². The smallest absolute Gasteiger partial charge is 0.248 e.